The molecule has 2 heterocycles. The molecule has 0 spiro atoms. The van der Waals surface area contributed by atoms with Gasteiger partial charge in [-0.3, -0.25) is 9.69 Å². The van der Waals surface area contributed by atoms with Crippen molar-refractivity contribution in [1.29, 1.82) is 0 Å². The van der Waals surface area contributed by atoms with Crippen LogP contribution in [0, 0.1) is 0 Å². The molecule has 1 N–H and O–H groups in total. The van der Waals surface area contributed by atoms with Gasteiger partial charge in [-0.25, -0.2) is 0 Å². The number of rotatable bonds is 6. The lowest BCUT2D eigenvalue weighted by Gasteiger charge is -2.35. The van der Waals surface area contributed by atoms with Gasteiger partial charge in [0.15, 0.2) is 0 Å². The lowest BCUT2D eigenvalue weighted by atomic mass is 10.1. The first kappa shape index (κ1) is 18.2. The first-order valence-electron chi connectivity index (χ1n) is 9.16. The number of hydrogen-bond donors (Lipinski definition) is 1. The molecule has 1 aromatic carbocycles. The number of carbonyl (C=O) groups excluding carboxylic acids is 1. The van der Waals surface area contributed by atoms with Crippen LogP contribution in [0.2, 0.25) is 0 Å². The summed E-state index contributed by atoms with van der Waals surface area (Å²) in [5.41, 5.74) is 0.688. The van der Waals surface area contributed by atoms with Crippen LogP contribution in [0.5, 0.6) is 5.75 Å². The molecule has 1 aromatic rings. The maximum Gasteiger partial charge on any atom is 0.253 e. The number of nitrogens with zero attached hydrogens (tertiary/aromatic N) is 2. The Hall–Kier alpha value is -1.63. The Labute approximate surface area is 149 Å². The first-order chi connectivity index (χ1) is 12.1. The Morgan fingerprint density at radius 1 is 1.28 bits per heavy atom. The quantitative estimate of drug-likeness (QED) is 0.842. The van der Waals surface area contributed by atoms with Gasteiger partial charge in [-0.15, -0.1) is 0 Å². The van der Waals surface area contributed by atoms with E-state index in [9.17, 15) is 9.90 Å². The normalized spacial score (nSPS) is 22.8. The molecule has 2 aliphatic heterocycles. The largest absolute Gasteiger partial charge is 0.491 e. The molecule has 0 bridgehead atoms. The standard InChI is InChI=1S/C19H28N2O4/c1-15(22)13-20-8-10-21(11-9-20)19(23)16-4-6-17(7-5-16)25-14-18-3-2-12-24-18/h4-7,15,18,22H,2-3,8-14H2,1H3. The Morgan fingerprint density at radius 2 is 2.00 bits per heavy atom. The van der Waals surface area contributed by atoms with Crippen LogP contribution < -0.4 is 4.74 Å². The highest BCUT2D eigenvalue weighted by Crippen LogP contribution is 2.18. The maximum absolute atomic E-state index is 12.6. The van der Waals surface area contributed by atoms with Gasteiger partial charge in [0, 0.05) is 44.9 Å². The Morgan fingerprint density at radius 3 is 2.60 bits per heavy atom. The average molecular weight is 348 g/mol. The van der Waals surface area contributed by atoms with Crippen molar-refractivity contribution in [3.8, 4) is 5.75 Å². The highest BCUT2D eigenvalue weighted by molar-refractivity contribution is 5.94. The van der Waals surface area contributed by atoms with Crippen molar-refractivity contribution in [2.24, 2.45) is 0 Å². The molecular formula is C19H28N2O4. The van der Waals surface area contributed by atoms with Gasteiger partial charge < -0.3 is 19.5 Å². The number of hydrogen-bond acceptors (Lipinski definition) is 5. The van der Waals surface area contributed by atoms with E-state index < -0.39 is 0 Å². The molecule has 2 unspecified atom stereocenters. The monoisotopic (exact) mass is 348 g/mol. The van der Waals surface area contributed by atoms with Crippen molar-refractivity contribution in [2.45, 2.75) is 32.0 Å². The summed E-state index contributed by atoms with van der Waals surface area (Å²) in [6.07, 6.45) is 2.02. The third-order valence-electron chi connectivity index (χ3n) is 4.74. The molecule has 25 heavy (non-hydrogen) atoms. The van der Waals surface area contributed by atoms with Crippen molar-refractivity contribution in [2.75, 3.05) is 45.9 Å². The van der Waals surface area contributed by atoms with Gasteiger partial charge in [-0.2, -0.15) is 0 Å². The number of piperazine rings is 1. The van der Waals surface area contributed by atoms with Gasteiger partial charge >= 0.3 is 0 Å². The minimum Gasteiger partial charge on any atom is -0.491 e. The van der Waals surface area contributed by atoms with Crippen LogP contribution in [0.3, 0.4) is 0 Å². The predicted octanol–water partition coefficient (Wildman–Crippen LogP) is 1.38. The second-order valence-electron chi connectivity index (χ2n) is 6.91. The number of aliphatic hydroxyl groups is 1. The molecule has 0 aromatic heterocycles. The second-order valence-corrected chi connectivity index (χ2v) is 6.91. The topological polar surface area (TPSA) is 62.2 Å². The highest BCUT2D eigenvalue weighted by atomic mass is 16.5. The smallest absolute Gasteiger partial charge is 0.253 e. The Bertz CT molecular complexity index is 547. The van der Waals surface area contributed by atoms with E-state index in [0.29, 0.717) is 31.8 Å². The van der Waals surface area contributed by atoms with Crippen LogP contribution >= 0.6 is 0 Å². The highest BCUT2D eigenvalue weighted by Gasteiger charge is 2.22. The molecule has 0 radical (unpaired) electrons. The van der Waals surface area contributed by atoms with Crippen molar-refractivity contribution >= 4 is 5.91 Å². The summed E-state index contributed by atoms with van der Waals surface area (Å²) in [4.78, 5) is 16.7. The van der Waals surface area contributed by atoms with Crippen molar-refractivity contribution < 1.29 is 19.4 Å². The molecule has 0 aliphatic carbocycles. The molecule has 6 nitrogen and oxygen atoms in total. The zero-order valence-electron chi connectivity index (χ0n) is 14.9. The van der Waals surface area contributed by atoms with Gasteiger partial charge in [0.2, 0.25) is 0 Å². The summed E-state index contributed by atoms with van der Waals surface area (Å²) < 4.78 is 11.3. The maximum atomic E-state index is 12.6. The van der Waals surface area contributed by atoms with Gasteiger partial charge in [0.1, 0.15) is 12.4 Å². The Balaban J connectivity index is 1.47. The third kappa shape index (κ3) is 5.17. The van der Waals surface area contributed by atoms with Crippen LogP contribution in [0.1, 0.15) is 30.1 Å². The zero-order chi connectivity index (χ0) is 17.6. The fraction of sp³-hybridized carbons (Fsp3) is 0.632. The van der Waals surface area contributed by atoms with Crippen LogP contribution in [0.25, 0.3) is 0 Å². The first-order valence-corrected chi connectivity index (χ1v) is 9.16. The van der Waals surface area contributed by atoms with Crippen LogP contribution in [0.15, 0.2) is 24.3 Å². The van der Waals surface area contributed by atoms with Crippen molar-refractivity contribution in [3.63, 3.8) is 0 Å². The number of aliphatic hydroxyl groups excluding tert-OH is 1. The number of carbonyl (C=O) groups is 1. The number of amides is 1. The third-order valence-corrected chi connectivity index (χ3v) is 4.74. The van der Waals surface area contributed by atoms with E-state index in [1.54, 1.807) is 6.92 Å². The molecule has 6 heteroatoms. The number of β-amino-alcohol motifs (C(OH)–C–C–N with tert-alkyl or cyclic N) is 1. The van der Waals surface area contributed by atoms with E-state index >= 15 is 0 Å². The molecule has 2 atom stereocenters. The van der Waals surface area contributed by atoms with Crippen molar-refractivity contribution in [3.05, 3.63) is 29.8 Å². The average Bonchev–Trinajstić information content (AvgIpc) is 3.13. The van der Waals surface area contributed by atoms with E-state index in [2.05, 4.69) is 4.90 Å². The van der Waals surface area contributed by atoms with Crippen molar-refractivity contribution in [1.82, 2.24) is 9.80 Å². The fourth-order valence-electron chi connectivity index (χ4n) is 3.35. The lowest BCUT2D eigenvalue weighted by Crippen LogP contribution is -2.50. The number of ether oxygens (including phenoxy) is 2. The summed E-state index contributed by atoms with van der Waals surface area (Å²) in [5.74, 6) is 0.830. The molecule has 0 saturated carbocycles. The van der Waals surface area contributed by atoms with Crippen LogP contribution in [-0.4, -0.2) is 79.0 Å². The summed E-state index contributed by atoms with van der Waals surface area (Å²) in [5, 5.41) is 9.45. The van der Waals surface area contributed by atoms with Crippen LogP contribution in [-0.2, 0) is 4.74 Å². The van der Waals surface area contributed by atoms with E-state index in [1.165, 1.54) is 0 Å². The molecule has 2 aliphatic rings. The second kappa shape index (κ2) is 8.65. The summed E-state index contributed by atoms with van der Waals surface area (Å²) in [7, 11) is 0. The van der Waals surface area contributed by atoms with Gasteiger partial charge in [-0.1, -0.05) is 0 Å². The van der Waals surface area contributed by atoms with Gasteiger partial charge in [0.25, 0.3) is 5.91 Å². The Kier molecular flexibility index (Phi) is 6.29. The van der Waals surface area contributed by atoms with Gasteiger partial charge in [0.05, 0.1) is 12.2 Å². The van der Waals surface area contributed by atoms with E-state index in [-0.39, 0.29) is 18.1 Å². The van der Waals surface area contributed by atoms with E-state index in [0.717, 1.165) is 38.3 Å². The minimum absolute atomic E-state index is 0.0578. The predicted molar refractivity (Wildman–Crippen MR) is 94.9 cm³/mol. The minimum atomic E-state index is -0.329. The molecule has 138 valence electrons. The number of benzene rings is 1. The van der Waals surface area contributed by atoms with E-state index in [1.807, 2.05) is 29.2 Å². The molecule has 2 saturated heterocycles. The lowest BCUT2D eigenvalue weighted by molar-refractivity contribution is 0.0553. The molecular weight excluding hydrogens is 320 g/mol. The molecule has 2 fully saturated rings. The van der Waals surface area contributed by atoms with Crippen LogP contribution in [0.4, 0.5) is 0 Å². The zero-order valence-corrected chi connectivity index (χ0v) is 14.9. The summed E-state index contributed by atoms with van der Waals surface area (Å²) in [6, 6.07) is 7.36. The van der Waals surface area contributed by atoms with Gasteiger partial charge in [-0.05, 0) is 44.0 Å². The summed E-state index contributed by atoms with van der Waals surface area (Å²) in [6.45, 7) is 6.85. The molecule has 3 rings (SSSR count). The summed E-state index contributed by atoms with van der Waals surface area (Å²) >= 11 is 0. The SMILES string of the molecule is CC(O)CN1CCN(C(=O)c2ccc(OCC3CCCO3)cc2)CC1. The fourth-order valence-corrected chi connectivity index (χ4v) is 3.35. The molecule has 1 amide bonds. The van der Waals surface area contributed by atoms with E-state index in [4.69, 9.17) is 9.47 Å².